The summed E-state index contributed by atoms with van der Waals surface area (Å²) in [5.41, 5.74) is 2.09. The van der Waals surface area contributed by atoms with Crippen LogP contribution < -0.4 is 10.6 Å². The second-order valence-corrected chi connectivity index (χ2v) is 7.00. The molecule has 124 valence electrons. The maximum absolute atomic E-state index is 12.7. The molecule has 0 radical (unpaired) electrons. The van der Waals surface area contributed by atoms with Crippen LogP contribution in [0.1, 0.15) is 37.8 Å². The highest BCUT2D eigenvalue weighted by molar-refractivity contribution is 5.84. The molecule has 2 aliphatic heterocycles. The maximum Gasteiger partial charge on any atom is 0.317 e. The standard InChI is InChI=1S/C18H25N3O2/c1-13(2)20-17(23)21-9-7-18(8-10-21)11-14-5-3-4-6-15(14)12-19-16(18)22/h3-6,13H,7-12H2,1-2H3,(H,19,22)(H,20,23). The van der Waals surface area contributed by atoms with Gasteiger partial charge < -0.3 is 15.5 Å². The van der Waals surface area contributed by atoms with Gasteiger partial charge in [0.05, 0.1) is 5.41 Å². The number of amides is 3. The summed E-state index contributed by atoms with van der Waals surface area (Å²) >= 11 is 0. The van der Waals surface area contributed by atoms with Gasteiger partial charge in [0.25, 0.3) is 0 Å². The van der Waals surface area contributed by atoms with Crippen molar-refractivity contribution in [3.8, 4) is 0 Å². The topological polar surface area (TPSA) is 61.4 Å². The van der Waals surface area contributed by atoms with Crippen molar-refractivity contribution >= 4 is 11.9 Å². The highest BCUT2D eigenvalue weighted by Gasteiger charge is 2.43. The molecule has 0 saturated carbocycles. The first-order valence-corrected chi connectivity index (χ1v) is 8.41. The quantitative estimate of drug-likeness (QED) is 0.833. The smallest absolute Gasteiger partial charge is 0.317 e. The molecule has 0 bridgehead atoms. The summed E-state index contributed by atoms with van der Waals surface area (Å²) in [5, 5.41) is 6.01. The second kappa shape index (κ2) is 6.22. The molecule has 1 aromatic carbocycles. The van der Waals surface area contributed by atoms with Crippen molar-refractivity contribution in [2.45, 2.75) is 45.7 Å². The van der Waals surface area contributed by atoms with Crippen molar-refractivity contribution in [3.63, 3.8) is 0 Å². The summed E-state index contributed by atoms with van der Waals surface area (Å²) in [6.07, 6.45) is 2.21. The number of nitrogens with one attached hydrogen (secondary N) is 2. The Balaban J connectivity index is 1.73. The number of hydrogen-bond acceptors (Lipinski definition) is 2. The van der Waals surface area contributed by atoms with E-state index in [4.69, 9.17) is 0 Å². The van der Waals surface area contributed by atoms with Gasteiger partial charge in [0.2, 0.25) is 5.91 Å². The van der Waals surface area contributed by atoms with Crippen LogP contribution in [-0.2, 0) is 17.8 Å². The lowest BCUT2D eigenvalue weighted by atomic mass is 9.73. The predicted molar refractivity (Wildman–Crippen MR) is 88.9 cm³/mol. The first kappa shape index (κ1) is 15.8. The lowest BCUT2D eigenvalue weighted by Gasteiger charge is -2.40. The highest BCUT2D eigenvalue weighted by Crippen LogP contribution is 2.38. The molecule has 2 aliphatic rings. The van der Waals surface area contributed by atoms with Gasteiger partial charge in [-0.1, -0.05) is 24.3 Å². The van der Waals surface area contributed by atoms with Gasteiger partial charge in [-0.05, 0) is 44.2 Å². The summed E-state index contributed by atoms with van der Waals surface area (Å²) in [4.78, 5) is 26.7. The molecule has 5 nitrogen and oxygen atoms in total. The van der Waals surface area contributed by atoms with Gasteiger partial charge in [-0.25, -0.2) is 4.79 Å². The van der Waals surface area contributed by atoms with E-state index < -0.39 is 0 Å². The average Bonchev–Trinajstić information content (AvgIpc) is 2.65. The van der Waals surface area contributed by atoms with Gasteiger partial charge in [0.15, 0.2) is 0 Å². The third-order valence-electron chi connectivity index (χ3n) is 4.99. The minimum Gasteiger partial charge on any atom is -0.352 e. The first-order valence-electron chi connectivity index (χ1n) is 8.41. The van der Waals surface area contributed by atoms with Crippen LogP contribution >= 0.6 is 0 Å². The number of nitrogens with zero attached hydrogens (tertiary/aromatic N) is 1. The number of carbonyl (C=O) groups is 2. The van der Waals surface area contributed by atoms with E-state index >= 15 is 0 Å². The largest absolute Gasteiger partial charge is 0.352 e. The van der Waals surface area contributed by atoms with Crippen LogP contribution in [0.2, 0.25) is 0 Å². The monoisotopic (exact) mass is 315 g/mol. The fourth-order valence-electron chi connectivity index (χ4n) is 3.59. The van der Waals surface area contributed by atoms with Gasteiger partial charge in [-0.2, -0.15) is 0 Å². The Morgan fingerprint density at radius 1 is 1.22 bits per heavy atom. The third-order valence-corrected chi connectivity index (χ3v) is 4.99. The Bertz CT molecular complexity index is 604. The molecule has 5 heteroatoms. The molecule has 0 aliphatic carbocycles. The van der Waals surface area contributed by atoms with E-state index in [9.17, 15) is 9.59 Å². The summed E-state index contributed by atoms with van der Waals surface area (Å²) < 4.78 is 0. The van der Waals surface area contributed by atoms with Crippen molar-refractivity contribution in [3.05, 3.63) is 35.4 Å². The third kappa shape index (κ3) is 3.19. The van der Waals surface area contributed by atoms with Crippen LogP contribution in [0.25, 0.3) is 0 Å². The van der Waals surface area contributed by atoms with Crippen molar-refractivity contribution in [2.75, 3.05) is 13.1 Å². The number of hydrogen-bond donors (Lipinski definition) is 2. The molecule has 0 unspecified atom stereocenters. The van der Waals surface area contributed by atoms with Crippen LogP contribution in [0.15, 0.2) is 24.3 Å². The molecule has 1 spiro atoms. The van der Waals surface area contributed by atoms with Crippen LogP contribution in [0.3, 0.4) is 0 Å². The van der Waals surface area contributed by atoms with Gasteiger partial charge in [0.1, 0.15) is 0 Å². The molecule has 3 rings (SSSR count). The fraction of sp³-hybridized carbons (Fsp3) is 0.556. The zero-order valence-electron chi connectivity index (χ0n) is 13.9. The van der Waals surface area contributed by atoms with Crippen LogP contribution in [0.4, 0.5) is 4.79 Å². The van der Waals surface area contributed by atoms with E-state index in [0.717, 1.165) is 19.3 Å². The van der Waals surface area contributed by atoms with E-state index in [0.29, 0.717) is 19.6 Å². The summed E-state index contributed by atoms with van der Waals surface area (Å²) in [5.74, 6) is 0.137. The van der Waals surface area contributed by atoms with Crippen LogP contribution in [0, 0.1) is 5.41 Å². The van der Waals surface area contributed by atoms with Gasteiger partial charge in [-0.15, -0.1) is 0 Å². The molecular formula is C18H25N3O2. The van der Waals surface area contributed by atoms with Crippen molar-refractivity contribution in [1.29, 1.82) is 0 Å². The summed E-state index contributed by atoms with van der Waals surface area (Å²) in [7, 11) is 0. The number of benzene rings is 1. The van der Waals surface area contributed by atoms with E-state index in [1.165, 1.54) is 11.1 Å². The number of likely N-dealkylation sites (tertiary alicyclic amines) is 1. The highest BCUT2D eigenvalue weighted by atomic mass is 16.2. The lowest BCUT2D eigenvalue weighted by molar-refractivity contribution is -0.133. The van der Waals surface area contributed by atoms with E-state index in [-0.39, 0.29) is 23.4 Å². The van der Waals surface area contributed by atoms with Gasteiger partial charge in [0, 0.05) is 25.7 Å². The van der Waals surface area contributed by atoms with Gasteiger partial charge in [-0.3, -0.25) is 4.79 Å². The minimum absolute atomic E-state index is 0.0238. The lowest BCUT2D eigenvalue weighted by Crippen LogP contribution is -2.53. The van der Waals surface area contributed by atoms with E-state index in [1.807, 2.05) is 30.9 Å². The fourth-order valence-corrected chi connectivity index (χ4v) is 3.59. The SMILES string of the molecule is CC(C)NC(=O)N1CCC2(CC1)Cc1ccccc1CNC2=O. The normalized spacial score (nSPS) is 20.0. The van der Waals surface area contributed by atoms with E-state index in [1.54, 1.807) is 0 Å². The Morgan fingerprint density at radius 3 is 2.52 bits per heavy atom. The molecule has 1 saturated heterocycles. The zero-order valence-corrected chi connectivity index (χ0v) is 13.9. The van der Waals surface area contributed by atoms with Crippen LogP contribution in [0.5, 0.6) is 0 Å². The van der Waals surface area contributed by atoms with Crippen molar-refractivity contribution in [1.82, 2.24) is 15.5 Å². The molecular weight excluding hydrogens is 290 g/mol. The number of rotatable bonds is 1. The number of fused-ring (bicyclic) bond motifs is 1. The second-order valence-electron chi connectivity index (χ2n) is 7.00. The Kier molecular flexibility index (Phi) is 4.28. The molecule has 3 amide bonds. The molecule has 0 aromatic heterocycles. The van der Waals surface area contributed by atoms with Crippen LogP contribution in [-0.4, -0.2) is 36.0 Å². The van der Waals surface area contributed by atoms with Crippen molar-refractivity contribution in [2.24, 2.45) is 5.41 Å². The van der Waals surface area contributed by atoms with E-state index in [2.05, 4.69) is 22.8 Å². The Morgan fingerprint density at radius 2 is 1.87 bits per heavy atom. The first-order chi connectivity index (χ1) is 11.0. The molecule has 2 heterocycles. The van der Waals surface area contributed by atoms with Crippen molar-refractivity contribution < 1.29 is 9.59 Å². The number of urea groups is 1. The summed E-state index contributed by atoms with van der Waals surface area (Å²) in [6.45, 7) is 5.79. The summed E-state index contributed by atoms with van der Waals surface area (Å²) in [6, 6.07) is 8.36. The average molecular weight is 315 g/mol. The van der Waals surface area contributed by atoms with Gasteiger partial charge >= 0.3 is 6.03 Å². The Hall–Kier alpha value is -2.04. The molecule has 1 fully saturated rings. The molecule has 2 N–H and O–H groups in total. The molecule has 0 atom stereocenters. The number of piperidine rings is 1. The molecule has 1 aromatic rings. The number of carbonyl (C=O) groups excluding carboxylic acids is 2. The zero-order chi connectivity index (χ0) is 16.4. The molecule has 23 heavy (non-hydrogen) atoms. The Labute approximate surface area is 137 Å². The minimum atomic E-state index is -0.374. The predicted octanol–water partition coefficient (Wildman–Crippen LogP) is 2.06. The maximum atomic E-state index is 12.7.